The fourth-order valence-corrected chi connectivity index (χ4v) is 1.33. The van der Waals surface area contributed by atoms with E-state index >= 15 is 0 Å². The van der Waals surface area contributed by atoms with Crippen LogP contribution in [0.25, 0.3) is 6.08 Å². The Labute approximate surface area is 107 Å². The molecule has 1 amide bonds. The number of benzene rings is 1. The number of carbonyl (C=O) groups is 1. The Hall–Kier alpha value is -1.68. The first kappa shape index (κ1) is 14.4. The smallest absolute Gasteiger partial charge is 0.244 e. The molecule has 0 aliphatic heterocycles. The summed E-state index contributed by atoms with van der Waals surface area (Å²) in [6.07, 6.45) is 3.88. The molecule has 1 rings (SSSR count). The molecule has 0 bridgehead atoms. The second-order valence-corrected chi connectivity index (χ2v) is 3.73. The normalized spacial score (nSPS) is 10.8. The van der Waals surface area contributed by atoms with Gasteiger partial charge in [0.1, 0.15) is 5.82 Å². The number of hydrogen-bond acceptors (Lipinski definition) is 2. The van der Waals surface area contributed by atoms with Gasteiger partial charge in [0.2, 0.25) is 5.91 Å². The lowest BCUT2D eigenvalue weighted by Crippen LogP contribution is -2.23. The lowest BCUT2D eigenvalue weighted by Gasteiger charge is -2.02. The van der Waals surface area contributed by atoms with Gasteiger partial charge in [0.15, 0.2) is 0 Å². The third-order valence-corrected chi connectivity index (χ3v) is 2.27. The Balaban J connectivity index is 2.25. The maximum absolute atomic E-state index is 12.6. The number of rotatable bonds is 7. The molecule has 0 aliphatic rings. The van der Waals surface area contributed by atoms with E-state index in [1.807, 2.05) is 6.92 Å². The van der Waals surface area contributed by atoms with Gasteiger partial charge in [0.25, 0.3) is 0 Å². The highest BCUT2D eigenvalue weighted by atomic mass is 19.1. The summed E-state index contributed by atoms with van der Waals surface area (Å²) >= 11 is 0. The molecule has 3 nitrogen and oxygen atoms in total. The van der Waals surface area contributed by atoms with Gasteiger partial charge in [-0.1, -0.05) is 12.1 Å². The molecule has 0 fully saturated rings. The van der Waals surface area contributed by atoms with Crippen LogP contribution < -0.4 is 5.32 Å². The Morgan fingerprint density at radius 1 is 1.39 bits per heavy atom. The van der Waals surface area contributed by atoms with Gasteiger partial charge < -0.3 is 10.1 Å². The molecule has 98 valence electrons. The molecule has 0 unspecified atom stereocenters. The Morgan fingerprint density at radius 2 is 2.11 bits per heavy atom. The highest BCUT2D eigenvalue weighted by Crippen LogP contribution is 2.04. The van der Waals surface area contributed by atoms with Crippen molar-refractivity contribution in [1.29, 1.82) is 0 Å². The van der Waals surface area contributed by atoms with Gasteiger partial charge in [-0.2, -0.15) is 0 Å². The molecule has 1 N–H and O–H groups in total. The second-order valence-electron chi connectivity index (χ2n) is 3.73. The molecule has 0 spiro atoms. The molecule has 1 aromatic carbocycles. The predicted molar refractivity (Wildman–Crippen MR) is 69.6 cm³/mol. The van der Waals surface area contributed by atoms with Crippen molar-refractivity contribution in [3.05, 3.63) is 41.7 Å². The van der Waals surface area contributed by atoms with Crippen molar-refractivity contribution >= 4 is 12.0 Å². The van der Waals surface area contributed by atoms with Crippen molar-refractivity contribution in [1.82, 2.24) is 5.32 Å². The van der Waals surface area contributed by atoms with Gasteiger partial charge in [-0.3, -0.25) is 4.79 Å². The Kier molecular flexibility index (Phi) is 6.72. The van der Waals surface area contributed by atoms with Crippen molar-refractivity contribution in [2.24, 2.45) is 0 Å². The monoisotopic (exact) mass is 251 g/mol. The van der Waals surface area contributed by atoms with Gasteiger partial charge in [0, 0.05) is 25.8 Å². The van der Waals surface area contributed by atoms with E-state index in [2.05, 4.69) is 5.32 Å². The average Bonchev–Trinajstić information content (AvgIpc) is 2.38. The van der Waals surface area contributed by atoms with Crippen LogP contribution in [0.3, 0.4) is 0 Å². The summed E-state index contributed by atoms with van der Waals surface area (Å²) < 4.78 is 17.8. The first-order valence-electron chi connectivity index (χ1n) is 6.01. The fourth-order valence-electron chi connectivity index (χ4n) is 1.33. The van der Waals surface area contributed by atoms with E-state index < -0.39 is 0 Å². The van der Waals surface area contributed by atoms with Crippen LogP contribution in [0.5, 0.6) is 0 Å². The SMILES string of the molecule is CCOCCCNC(=O)C=Cc1ccc(F)cc1. The van der Waals surface area contributed by atoms with E-state index in [0.29, 0.717) is 19.8 Å². The first-order chi connectivity index (χ1) is 8.72. The zero-order valence-electron chi connectivity index (χ0n) is 10.5. The van der Waals surface area contributed by atoms with Crippen molar-refractivity contribution in [2.45, 2.75) is 13.3 Å². The van der Waals surface area contributed by atoms with E-state index in [1.54, 1.807) is 18.2 Å². The number of nitrogens with one attached hydrogen (secondary N) is 1. The molecular formula is C14H18FNO2. The van der Waals surface area contributed by atoms with Gasteiger partial charge in [-0.15, -0.1) is 0 Å². The van der Waals surface area contributed by atoms with Gasteiger partial charge in [-0.25, -0.2) is 4.39 Å². The molecule has 0 saturated heterocycles. The molecule has 0 saturated carbocycles. The Bertz CT molecular complexity index is 387. The standard InChI is InChI=1S/C14H18FNO2/c1-2-18-11-3-10-16-14(17)9-6-12-4-7-13(15)8-5-12/h4-9H,2-3,10-11H2,1H3,(H,16,17). The molecule has 0 atom stereocenters. The fraction of sp³-hybridized carbons (Fsp3) is 0.357. The third-order valence-electron chi connectivity index (χ3n) is 2.27. The number of carbonyl (C=O) groups excluding carboxylic acids is 1. The first-order valence-corrected chi connectivity index (χ1v) is 6.01. The van der Waals surface area contributed by atoms with Crippen molar-refractivity contribution in [2.75, 3.05) is 19.8 Å². The average molecular weight is 251 g/mol. The zero-order chi connectivity index (χ0) is 13.2. The van der Waals surface area contributed by atoms with Crippen LogP contribution in [0.1, 0.15) is 18.9 Å². The minimum absolute atomic E-state index is 0.157. The second kappa shape index (κ2) is 8.42. The van der Waals surface area contributed by atoms with E-state index in [9.17, 15) is 9.18 Å². The Morgan fingerprint density at radius 3 is 2.78 bits per heavy atom. The van der Waals surface area contributed by atoms with Crippen LogP contribution in [0.2, 0.25) is 0 Å². The van der Waals surface area contributed by atoms with Crippen molar-refractivity contribution < 1.29 is 13.9 Å². The largest absolute Gasteiger partial charge is 0.382 e. The molecule has 1 aromatic rings. The van der Waals surface area contributed by atoms with Crippen molar-refractivity contribution in [3.8, 4) is 0 Å². The molecule has 0 heterocycles. The maximum Gasteiger partial charge on any atom is 0.244 e. The number of halogens is 1. The van der Waals surface area contributed by atoms with Gasteiger partial charge >= 0.3 is 0 Å². The van der Waals surface area contributed by atoms with E-state index in [0.717, 1.165) is 12.0 Å². The topological polar surface area (TPSA) is 38.3 Å². The quantitative estimate of drug-likeness (QED) is 0.597. The molecule has 18 heavy (non-hydrogen) atoms. The predicted octanol–water partition coefficient (Wildman–Crippen LogP) is 2.38. The summed E-state index contributed by atoms with van der Waals surface area (Å²) in [6.45, 7) is 3.87. The van der Waals surface area contributed by atoms with Crippen molar-refractivity contribution in [3.63, 3.8) is 0 Å². The molecular weight excluding hydrogens is 233 g/mol. The third kappa shape index (κ3) is 6.15. The van der Waals surface area contributed by atoms with Crippen LogP contribution in [0.4, 0.5) is 4.39 Å². The summed E-state index contributed by atoms with van der Waals surface area (Å²) in [4.78, 5) is 11.4. The van der Waals surface area contributed by atoms with Gasteiger partial charge in [-0.05, 0) is 37.1 Å². The summed E-state index contributed by atoms with van der Waals surface area (Å²) in [5.41, 5.74) is 0.792. The number of hydrogen-bond donors (Lipinski definition) is 1. The van der Waals surface area contributed by atoms with E-state index in [1.165, 1.54) is 18.2 Å². The zero-order valence-corrected chi connectivity index (χ0v) is 10.5. The molecule has 0 radical (unpaired) electrons. The van der Waals surface area contributed by atoms with Gasteiger partial charge in [0.05, 0.1) is 0 Å². The molecule has 0 aromatic heterocycles. The van der Waals surface area contributed by atoms with Crippen LogP contribution in [0.15, 0.2) is 30.3 Å². The number of amides is 1. The summed E-state index contributed by atoms with van der Waals surface area (Å²) in [7, 11) is 0. The summed E-state index contributed by atoms with van der Waals surface area (Å²) in [5.74, 6) is -0.441. The maximum atomic E-state index is 12.6. The highest BCUT2D eigenvalue weighted by molar-refractivity contribution is 5.91. The van der Waals surface area contributed by atoms with Crippen LogP contribution >= 0.6 is 0 Å². The molecule has 4 heteroatoms. The summed E-state index contributed by atoms with van der Waals surface area (Å²) in [6, 6.07) is 5.96. The minimum Gasteiger partial charge on any atom is -0.382 e. The van der Waals surface area contributed by atoms with E-state index in [4.69, 9.17) is 4.74 Å². The van der Waals surface area contributed by atoms with Crippen LogP contribution in [-0.4, -0.2) is 25.7 Å². The lowest BCUT2D eigenvalue weighted by atomic mass is 10.2. The van der Waals surface area contributed by atoms with Crippen LogP contribution in [-0.2, 0) is 9.53 Å². The van der Waals surface area contributed by atoms with Crippen LogP contribution in [0, 0.1) is 5.82 Å². The number of ether oxygens (including phenoxy) is 1. The molecule has 0 aliphatic carbocycles. The van der Waals surface area contributed by atoms with E-state index in [-0.39, 0.29) is 11.7 Å². The highest BCUT2D eigenvalue weighted by Gasteiger charge is 1.95. The summed E-state index contributed by atoms with van der Waals surface area (Å²) in [5, 5.41) is 2.74. The minimum atomic E-state index is -0.285. The lowest BCUT2D eigenvalue weighted by molar-refractivity contribution is -0.116.